The molecule has 1 amide bonds. The lowest BCUT2D eigenvalue weighted by atomic mass is 10.0. The zero-order chi connectivity index (χ0) is 12.6. The molecule has 1 atom stereocenters. The highest BCUT2D eigenvalue weighted by Crippen LogP contribution is 2.36. The molecule has 1 aromatic carbocycles. The maximum atomic E-state index is 11.6. The molecular formula is C10H10ClNO4S. The zero-order valence-corrected chi connectivity index (χ0v) is 10.5. The summed E-state index contributed by atoms with van der Waals surface area (Å²) in [6, 6.07) is 4.24. The minimum absolute atomic E-state index is 0.0303. The van der Waals surface area contributed by atoms with E-state index in [-0.39, 0.29) is 17.4 Å². The third kappa shape index (κ3) is 2.23. The van der Waals surface area contributed by atoms with Crippen LogP contribution in [0.15, 0.2) is 23.1 Å². The first-order valence-corrected chi connectivity index (χ1v) is 7.17. The lowest BCUT2D eigenvalue weighted by Gasteiger charge is -2.07. The van der Waals surface area contributed by atoms with Crippen molar-refractivity contribution < 1.29 is 17.9 Å². The van der Waals surface area contributed by atoms with Crippen LogP contribution in [0.1, 0.15) is 11.5 Å². The van der Waals surface area contributed by atoms with E-state index in [1.54, 1.807) is 0 Å². The molecule has 7 heteroatoms. The van der Waals surface area contributed by atoms with Gasteiger partial charge in [0.2, 0.25) is 5.91 Å². The Morgan fingerprint density at radius 3 is 2.82 bits per heavy atom. The first kappa shape index (κ1) is 12.2. The second kappa shape index (κ2) is 4.19. The van der Waals surface area contributed by atoms with Gasteiger partial charge in [-0.1, -0.05) is 0 Å². The highest BCUT2D eigenvalue weighted by molar-refractivity contribution is 8.13. The fourth-order valence-electron chi connectivity index (χ4n) is 1.74. The average molecular weight is 276 g/mol. The third-order valence-corrected chi connectivity index (χ3v) is 3.96. The smallest absolute Gasteiger partial charge is 0.261 e. The number of hydrogen-bond acceptors (Lipinski definition) is 4. The Hall–Kier alpha value is -1.27. The van der Waals surface area contributed by atoms with Crippen LogP contribution in [0.5, 0.6) is 5.75 Å². The summed E-state index contributed by atoms with van der Waals surface area (Å²) in [7, 11) is 2.97. The first-order chi connectivity index (χ1) is 7.93. The van der Waals surface area contributed by atoms with Crippen molar-refractivity contribution in [3.05, 3.63) is 23.8 Å². The number of carbonyl (C=O) groups is 1. The van der Waals surface area contributed by atoms with Crippen molar-refractivity contribution in [3.63, 3.8) is 0 Å². The fourth-order valence-corrected chi connectivity index (χ4v) is 2.52. The Kier molecular flexibility index (Phi) is 3.01. The molecule has 0 bridgehead atoms. The number of rotatable bonds is 2. The van der Waals surface area contributed by atoms with Crippen LogP contribution in [0.3, 0.4) is 0 Å². The number of ether oxygens (including phenoxy) is 1. The van der Waals surface area contributed by atoms with Gasteiger partial charge in [-0.2, -0.15) is 0 Å². The summed E-state index contributed by atoms with van der Waals surface area (Å²) >= 11 is 0. The third-order valence-electron chi connectivity index (χ3n) is 2.61. The monoisotopic (exact) mass is 275 g/mol. The molecule has 0 saturated carbocycles. The Morgan fingerprint density at radius 2 is 2.24 bits per heavy atom. The molecule has 1 aliphatic rings. The minimum Gasteiger partial charge on any atom is -0.492 e. The number of halogens is 1. The lowest BCUT2D eigenvalue weighted by molar-refractivity contribution is -0.122. The molecule has 1 aromatic rings. The van der Waals surface area contributed by atoms with Gasteiger partial charge in [0, 0.05) is 23.3 Å². The number of nitrogens with one attached hydrogen (secondary N) is 1. The van der Waals surface area contributed by atoms with Crippen LogP contribution in [0.4, 0.5) is 0 Å². The molecule has 1 N–H and O–H groups in total. The van der Waals surface area contributed by atoms with Crippen LogP contribution < -0.4 is 10.1 Å². The summed E-state index contributed by atoms with van der Waals surface area (Å²) < 4.78 is 27.7. The highest BCUT2D eigenvalue weighted by atomic mass is 35.7. The molecule has 0 saturated heterocycles. The van der Waals surface area contributed by atoms with E-state index in [1.807, 2.05) is 0 Å². The lowest BCUT2D eigenvalue weighted by Crippen LogP contribution is -2.26. The second-order valence-corrected chi connectivity index (χ2v) is 6.18. The SMILES string of the molecule is CNC(=O)C1COc2ccc(S(=O)(=O)Cl)cc21. The quantitative estimate of drug-likeness (QED) is 0.812. The molecule has 17 heavy (non-hydrogen) atoms. The Bertz CT molecular complexity index is 570. The summed E-state index contributed by atoms with van der Waals surface area (Å²) in [5.74, 6) is -0.191. The summed E-state index contributed by atoms with van der Waals surface area (Å²) in [4.78, 5) is 11.5. The predicted molar refractivity (Wildman–Crippen MR) is 61.8 cm³/mol. The van der Waals surface area contributed by atoms with E-state index < -0.39 is 15.0 Å². The normalized spacial score (nSPS) is 18.4. The molecule has 0 radical (unpaired) electrons. The van der Waals surface area contributed by atoms with Gasteiger partial charge in [0.15, 0.2) is 0 Å². The van der Waals surface area contributed by atoms with Crippen molar-refractivity contribution in [1.82, 2.24) is 5.32 Å². The largest absolute Gasteiger partial charge is 0.492 e. The van der Waals surface area contributed by atoms with Crippen molar-refractivity contribution in [2.45, 2.75) is 10.8 Å². The van der Waals surface area contributed by atoms with Crippen molar-refractivity contribution >= 4 is 25.6 Å². The Balaban J connectivity index is 2.48. The van der Waals surface area contributed by atoms with Gasteiger partial charge in [-0.15, -0.1) is 0 Å². The topological polar surface area (TPSA) is 72.5 Å². The van der Waals surface area contributed by atoms with E-state index in [4.69, 9.17) is 15.4 Å². The molecule has 1 unspecified atom stereocenters. The molecule has 5 nitrogen and oxygen atoms in total. The van der Waals surface area contributed by atoms with E-state index in [0.717, 1.165) is 0 Å². The van der Waals surface area contributed by atoms with Crippen molar-refractivity contribution in [1.29, 1.82) is 0 Å². The van der Waals surface area contributed by atoms with Gasteiger partial charge in [-0.05, 0) is 18.2 Å². The summed E-state index contributed by atoms with van der Waals surface area (Å²) in [5.41, 5.74) is 0.547. The van der Waals surface area contributed by atoms with Crippen LogP contribution in [0, 0.1) is 0 Å². The number of amides is 1. The molecule has 2 rings (SSSR count). The van der Waals surface area contributed by atoms with E-state index in [2.05, 4.69) is 5.32 Å². The number of carbonyl (C=O) groups excluding carboxylic acids is 1. The van der Waals surface area contributed by atoms with E-state index in [1.165, 1.54) is 25.2 Å². The average Bonchev–Trinajstić information content (AvgIpc) is 2.69. The van der Waals surface area contributed by atoms with Crippen molar-refractivity contribution in [3.8, 4) is 5.75 Å². The molecule has 1 heterocycles. The number of likely N-dealkylation sites (N-methyl/N-ethyl adjacent to an activating group) is 1. The van der Waals surface area contributed by atoms with Gasteiger partial charge in [-0.3, -0.25) is 4.79 Å². The van der Waals surface area contributed by atoms with Gasteiger partial charge < -0.3 is 10.1 Å². The number of hydrogen-bond donors (Lipinski definition) is 1. The maximum Gasteiger partial charge on any atom is 0.261 e. The van der Waals surface area contributed by atoms with Crippen LogP contribution in [-0.2, 0) is 13.8 Å². The maximum absolute atomic E-state index is 11.6. The standard InChI is InChI=1S/C10H10ClNO4S/c1-12-10(13)8-5-16-9-3-2-6(4-7(8)9)17(11,14)15/h2-4,8H,5H2,1H3,(H,12,13). The van der Waals surface area contributed by atoms with Crippen LogP contribution >= 0.6 is 10.7 Å². The second-order valence-electron chi connectivity index (χ2n) is 3.62. The molecule has 0 aliphatic carbocycles. The fraction of sp³-hybridized carbons (Fsp3) is 0.300. The van der Waals surface area contributed by atoms with E-state index >= 15 is 0 Å². The first-order valence-electron chi connectivity index (χ1n) is 4.86. The molecule has 92 valence electrons. The number of fused-ring (bicyclic) bond motifs is 1. The molecule has 0 spiro atoms. The van der Waals surface area contributed by atoms with Crippen molar-refractivity contribution in [2.24, 2.45) is 0 Å². The molecular weight excluding hydrogens is 266 g/mol. The minimum atomic E-state index is -3.80. The predicted octanol–water partition coefficient (Wildman–Crippen LogP) is 0.836. The van der Waals surface area contributed by atoms with Gasteiger partial charge >= 0.3 is 0 Å². The van der Waals surface area contributed by atoms with Crippen LogP contribution in [0.25, 0.3) is 0 Å². The van der Waals surface area contributed by atoms with Gasteiger partial charge in [-0.25, -0.2) is 8.42 Å². The summed E-state index contributed by atoms with van der Waals surface area (Å²) in [6.07, 6.45) is 0. The zero-order valence-electron chi connectivity index (χ0n) is 8.94. The highest BCUT2D eigenvalue weighted by Gasteiger charge is 2.31. The molecule has 1 aliphatic heterocycles. The summed E-state index contributed by atoms with van der Waals surface area (Å²) in [6.45, 7) is 0.209. The van der Waals surface area contributed by atoms with E-state index in [0.29, 0.717) is 11.3 Å². The van der Waals surface area contributed by atoms with Crippen molar-refractivity contribution in [2.75, 3.05) is 13.7 Å². The van der Waals surface area contributed by atoms with Crippen LogP contribution in [0.2, 0.25) is 0 Å². The molecule has 0 aromatic heterocycles. The summed E-state index contributed by atoms with van der Waals surface area (Å²) in [5, 5.41) is 2.50. The molecule has 0 fully saturated rings. The Morgan fingerprint density at radius 1 is 1.53 bits per heavy atom. The van der Waals surface area contributed by atoms with E-state index in [9.17, 15) is 13.2 Å². The Labute approximate surface area is 103 Å². The van der Waals surface area contributed by atoms with Gasteiger partial charge in [0.25, 0.3) is 9.05 Å². The number of benzene rings is 1. The van der Waals surface area contributed by atoms with Crippen LogP contribution in [-0.4, -0.2) is 28.0 Å². The van der Waals surface area contributed by atoms with Gasteiger partial charge in [0.05, 0.1) is 4.90 Å². The van der Waals surface area contributed by atoms with Gasteiger partial charge in [0.1, 0.15) is 18.3 Å².